The highest BCUT2D eigenvalue weighted by Gasteiger charge is 2.31. The predicted molar refractivity (Wildman–Crippen MR) is 85.0 cm³/mol. The van der Waals surface area contributed by atoms with Crippen LogP contribution in [0.25, 0.3) is 0 Å². The van der Waals surface area contributed by atoms with Gasteiger partial charge in [0.05, 0.1) is 5.69 Å². The van der Waals surface area contributed by atoms with Crippen molar-refractivity contribution in [3.63, 3.8) is 0 Å². The third kappa shape index (κ3) is 3.35. The molecule has 1 unspecified atom stereocenters. The summed E-state index contributed by atoms with van der Waals surface area (Å²) in [6.45, 7) is 5.93. The molecule has 0 aliphatic heterocycles. The predicted octanol–water partition coefficient (Wildman–Crippen LogP) is 3.93. The fraction of sp³-hybridized carbons (Fsp3) is 0.500. The summed E-state index contributed by atoms with van der Waals surface area (Å²) in [6.07, 6.45) is 4.66. The molecule has 1 atom stereocenters. The van der Waals surface area contributed by atoms with Crippen molar-refractivity contribution >= 4 is 28.9 Å². The molecule has 1 aliphatic rings. The Balaban J connectivity index is 2.29. The number of carboxylic acids is 1. The lowest BCUT2D eigenvalue weighted by Gasteiger charge is -2.31. The van der Waals surface area contributed by atoms with Gasteiger partial charge in [-0.3, -0.25) is 4.79 Å². The number of rotatable bonds is 4. The molecule has 1 aromatic rings. The van der Waals surface area contributed by atoms with E-state index in [4.69, 9.17) is 0 Å². The number of hydrogen-bond donors (Lipinski definition) is 1. The third-order valence-electron chi connectivity index (χ3n) is 3.84. The zero-order valence-corrected chi connectivity index (χ0v) is 13.4. The number of carboxylic acid groups (broad SMARTS) is 1. The molecule has 0 radical (unpaired) electrons. The van der Waals surface area contributed by atoms with E-state index >= 15 is 0 Å². The zero-order valence-electron chi connectivity index (χ0n) is 12.6. The molecule has 0 aromatic carbocycles. The van der Waals surface area contributed by atoms with Crippen LogP contribution in [0.4, 0.5) is 5.69 Å². The Bertz CT molecular complexity index is 574. The highest BCUT2D eigenvalue weighted by molar-refractivity contribution is 7.12. The second-order valence-electron chi connectivity index (χ2n) is 5.76. The average molecular weight is 307 g/mol. The molecule has 114 valence electrons. The van der Waals surface area contributed by atoms with E-state index in [0.29, 0.717) is 5.69 Å². The van der Waals surface area contributed by atoms with Gasteiger partial charge in [0.2, 0.25) is 5.91 Å². The third-order valence-corrected chi connectivity index (χ3v) is 4.73. The van der Waals surface area contributed by atoms with Gasteiger partial charge in [-0.05, 0) is 51.5 Å². The van der Waals surface area contributed by atoms with Gasteiger partial charge in [0, 0.05) is 12.0 Å². The maximum Gasteiger partial charge on any atom is 0.348 e. The summed E-state index contributed by atoms with van der Waals surface area (Å²) in [5.74, 6) is -0.981. The SMILES string of the molecule is CC1=CCC(C(=O)N(c2ccsc2C(=O)O)C(C)C)CC1. The van der Waals surface area contributed by atoms with Crippen LogP contribution in [0.5, 0.6) is 0 Å². The van der Waals surface area contributed by atoms with Gasteiger partial charge in [-0.15, -0.1) is 11.3 Å². The maximum absolute atomic E-state index is 12.8. The fourth-order valence-corrected chi connectivity index (χ4v) is 3.41. The second-order valence-corrected chi connectivity index (χ2v) is 6.68. The molecule has 1 heterocycles. The second kappa shape index (κ2) is 6.43. The van der Waals surface area contributed by atoms with Crippen LogP contribution in [0.15, 0.2) is 23.1 Å². The quantitative estimate of drug-likeness (QED) is 0.857. The van der Waals surface area contributed by atoms with E-state index in [0.717, 1.165) is 30.6 Å². The Labute approximate surface area is 129 Å². The van der Waals surface area contributed by atoms with E-state index in [-0.39, 0.29) is 22.7 Å². The Morgan fingerprint density at radius 1 is 1.43 bits per heavy atom. The van der Waals surface area contributed by atoms with Gasteiger partial charge in [0.15, 0.2) is 0 Å². The van der Waals surface area contributed by atoms with Crippen molar-refractivity contribution in [2.24, 2.45) is 5.92 Å². The first-order valence-electron chi connectivity index (χ1n) is 7.21. The van der Waals surface area contributed by atoms with Crippen LogP contribution in [0, 0.1) is 5.92 Å². The number of amides is 1. The Kier molecular flexibility index (Phi) is 4.83. The molecule has 1 N–H and O–H groups in total. The summed E-state index contributed by atoms with van der Waals surface area (Å²) in [6, 6.07) is 1.67. The van der Waals surface area contributed by atoms with Gasteiger partial charge in [-0.2, -0.15) is 0 Å². The summed E-state index contributed by atoms with van der Waals surface area (Å²) in [7, 11) is 0. The molecule has 1 amide bonds. The smallest absolute Gasteiger partial charge is 0.348 e. The largest absolute Gasteiger partial charge is 0.477 e. The standard InChI is InChI=1S/C16H21NO3S/c1-10(2)17(13-8-9-21-14(13)16(19)20)15(18)12-6-4-11(3)5-7-12/h4,8-10,12H,5-7H2,1-3H3,(H,19,20). The first-order chi connectivity index (χ1) is 9.91. The zero-order chi connectivity index (χ0) is 15.6. The van der Waals surface area contributed by atoms with Crippen molar-refractivity contribution < 1.29 is 14.7 Å². The number of carbonyl (C=O) groups is 2. The van der Waals surface area contributed by atoms with Crippen LogP contribution in [0.1, 0.15) is 49.7 Å². The van der Waals surface area contributed by atoms with Crippen molar-refractivity contribution in [2.75, 3.05) is 4.90 Å². The number of thiophene rings is 1. The monoisotopic (exact) mass is 307 g/mol. The average Bonchev–Trinajstić information content (AvgIpc) is 2.88. The first kappa shape index (κ1) is 15.8. The van der Waals surface area contributed by atoms with Crippen LogP contribution >= 0.6 is 11.3 Å². The first-order valence-corrected chi connectivity index (χ1v) is 8.09. The minimum absolute atomic E-state index is 0.0367. The van der Waals surface area contributed by atoms with Crippen molar-refractivity contribution in [3.8, 4) is 0 Å². The summed E-state index contributed by atoms with van der Waals surface area (Å²) in [5.41, 5.74) is 1.86. The highest BCUT2D eigenvalue weighted by atomic mass is 32.1. The van der Waals surface area contributed by atoms with Crippen LogP contribution in [0.3, 0.4) is 0 Å². The number of carbonyl (C=O) groups excluding carboxylic acids is 1. The number of hydrogen-bond acceptors (Lipinski definition) is 3. The number of nitrogens with zero attached hydrogens (tertiary/aromatic N) is 1. The van der Waals surface area contributed by atoms with E-state index in [1.165, 1.54) is 5.57 Å². The van der Waals surface area contributed by atoms with E-state index in [1.807, 2.05) is 13.8 Å². The lowest BCUT2D eigenvalue weighted by Crippen LogP contribution is -2.42. The minimum atomic E-state index is -0.974. The molecule has 5 heteroatoms. The van der Waals surface area contributed by atoms with Crippen LogP contribution in [0.2, 0.25) is 0 Å². The van der Waals surface area contributed by atoms with Crippen molar-refractivity contribution in [1.82, 2.24) is 0 Å². The molecule has 4 nitrogen and oxygen atoms in total. The molecule has 0 fully saturated rings. The molecule has 0 spiro atoms. The molecular weight excluding hydrogens is 286 g/mol. The summed E-state index contributed by atoms with van der Waals surface area (Å²) in [4.78, 5) is 26.0. The van der Waals surface area contributed by atoms with Gasteiger partial charge in [-0.1, -0.05) is 11.6 Å². The molecule has 2 rings (SSSR count). The van der Waals surface area contributed by atoms with E-state index in [1.54, 1.807) is 16.3 Å². The topological polar surface area (TPSA) is 57.6 Å². The molecule has 0 bridgehead atoms. The number of allylic oxidation sites excluding steroid dienone is 2. The van der Waals surface area contributed by atoms with Gasteiger partial charge in [0.1, 0.15) is 4.88 Å². The van der Waals surface area contributed by atoms with Crippen LogP contribution in [-0.4, -0.2) is 23.0 Å². The van der Waals surface area contributed by atoms with Gasteiger partial charge < -0.3 is 10.0 Å². The fourth-order valence-electron chi connectivity index (χ4n) is 2.69. The molecule has 21 heavy (non-hydrogen) atoms. The van der Waals surface area contributed by atoms with E-state index in [2.05, 4.69) is 13.0 Å². The van der Waals surface area contributed by atoms with Crippen LogP contribution < -0.4 is 4.90 Å². The molecular formula is C16H21NO3S. The van der Waals surface area contributed by atoms with Gasteiger partial charge in [0.25, 0.3) is 0 Å². The normalized spacial score (nSPS) is 18.5. The lowest BCUT2D eigenvalue weighted by atomic mass is 9.89. The molecule has 0 saturated heterocycles. The van der Waals surface area contributed by atoms with Gasteiger partial charge >= 0.3 is 5.97 Å². The Hall–Kier alpha value is -1.62. The van der Waals surface area contributed by atoms with Crippen molar-refractivity contribution in [2.45, 2.75) is 46.1 Å². The Morgan fingerprint density at radius 3 is 2.67 bits per heavy atom. The molecule has 1 aliphatic carbocycles. The van der Waals surface area contributed by atoms with Gasteiger partial charge in [-0.25, -0.2) is 4.79 Å². The highest BCUT2D eigenvalue weighted by Crippen LogP contribution is 2.32. The minimum Gasteiger partial charge on any atom is -0.477 e. The Morgan fingerprint density at radius 2 is 2.14 bits per heavy atom. The summed E-state index contributed by atoms with van der Waals surface area (Å²) >= 11 is 1.16. The molecule has 0 saturated carbocycles. The van der Waals surface area contributed by atoms with Crippen molar-refractivity contribution in [1.29, 1.82) is 0 Å². The lowest BCUT2D eigenvalue weighted by molar-refractivity contribution is -0.123. The maximum atomic E-state index is 12.8. The number of aromatic carboxylic acids is 1. The van der Waals surface area contributed by atoms with E-state index < -0.39 is 5.97 Å². The van der Waals surface area contributed by atoms with E-state index in [9.17, 15) is 14.7 Å². The summed E-state index contributed by atoms with van der Waals surface area (Å²) < 4.78 is 0. The number of anilines is 1. The molecule has 1 aromatic heterocycles. The van der Waals surface area contributed by atoms with Crippen molar-refractivity contribution in [3.05, 3.63) is 28.0 Å². The summed E-state index contributed by atoms with van der Waals surface area (Å²) in [5, 5.41) is 11.0. The van der Waals surface area contributed by atoms with Crippen LogP contribution in [-0.2, 0) is 4.79 Å².